The minimum Gasteiger partial charge on any atom is -0.468 e. The van der Waals surface area contributed by atoms with Crippen LogP contribution in [0.15, 0.2) is 29.4 Å². The van der Waals surface area contributed by atoms with Crippen LogP contribution in [-0.2, 0) is 24.3 Å². The van der Waals surface area contributed by atoms with Crippen LogP contribution in [0.25, 0.3) is 0 Å². The highest BCUT2D eigenvalue weighted by Crippen LogP contribution is 2.20. The van der Waals surface area contributed by atoms with E-state index in [0.717, 1.165) is 4.31 Å². The molecule has 19 heavy (non-hydrogen) atoms. The smallest absolute Gasteiger partial charge is 0.326 e. The third-order valence-electron chi connectivity index (χ3n) is 2.79. The van der Waals surface area contributed by atoms with Crippen molar-refractivity contribution in [1.29, 1.82) is 0 Å². The number of carbonyl (C=O) groups is 1. The molecule has 0 amide bonds. The van der Waals surface area contributed by atoms with Crippen LogP contribution in [-0.4, -0.2) is 56.6 Å². The van der Waals surface area contributed by atoms with Crippen LogP contribution in [0.3, 0.4) is 0 Å². The fourth-order valence-electron chi connectivity index (χ4n) is 1.83. The average Bonchev–Trinajstić information content (AvgIpc) is 2.47. The van der Waals surface area contributed by atoms with E-state index in [2.05, 4.69) is 9.72 Å². The van der Waals surface area contributed by atoms with Gasteiger partial charge in [0.1, 0.15) is 10.9 Å². The van der Waals surface area contributed by atoms with Gasteiger partial charge in [0.25, 0.3) is 0 Å². The van der Waals surface area contributed by atoms with E-state index in [4.69, 9.17) is 4.74 Å². The molecule has 0 aliphatic carbocycles. The summed E-state index contributed by atoms with van der Waals surface area (Å²) in [4.78, 5) is 15.5. The molecule has 1 unspecified atom stereocenters. The van der Waals surface area contributed by atoms with Crippen LogP contribution in [0.5, 0.6) is 0 Å². The van der Waals surface area contributed by atoms with Gasteiger partial charge in [0.05, 0.1) is 20.3 Å². The van der Waals surface area contributed by atoms with Gasteiger partial charge in [0.15, 0.2) is 0 Å². The maximum absolute atomic E-state index is 12.4. The molecule has 1 fully saturated rings. The Bertz CT molecular complexity index is 545. The second kappa shape index (κ2) is 5.64. The standard InChI is InChI=1S/C11H14N2O5S/c1-17-11(14)10-8-18-6-5-13(10)19(15,16)9-3-2-4-12-7-9/h2-4,7,10H,5-6,8H2,1H3. The Hall–Kier alpha value is -1.51. The van der Waals surface area contributed by atoms with Gasteiger partial charge >= 0.3 is 5.97 Å². The maximum atomic E-state index is 12.4. The van der Waals surface area contributed by atoms with Gasteiger partial charge < -0.3 is 9.47 Å². The van der Waals surface area contributed by atoms with E-state index in [0.29, 0.717) is 0 Å². The number of carbonyl (C=O) groups excluding carboxylic acids is 1. The van der Waals surface area contributed by atoms with Gasteiger partial charge in [-0.3, -0.25) is 9.78 Å². The highest BCUT2D eigenvalue weighted by molar-refractivity contribution is 7.89. The zero-order valence-corrected chi connectivity index (χ0v) is 11.2. The average molecular weight is 286 g/mol. The number of hydrogen-bond donors (Lipinski definition) is 0. The minimum atomic E-state index is -3.78. The second-order valence-electron chi connectivity index (χ2n) is 3.92. The number of esters is 1. The van der Waals surface area contributed by atoms with Gasteiger partial charge in [-0.25, -0.2) is 8.42 Å². The van der Waals surface area contributed by atoms with E-state index in [1.54, 1.807) is 0 Å². The molecule has 1 aliphatic heterocycles. The van der Waals surface area contributed by atoms with E-state index in [-0.39, 0.29) is 24.7 Å². The molecule has 1 aromatic heterocycles. The number of aromatic nitrogens is 1. The first-order valence-electron chi connectivity index (χ1n) is 5.65. The molecule has 0 radical (unpaired) electrons. The number of ether oxygens (including phenoxy) is 2. The lowest BCUT2D eigenvalue weighted by Gasteiger charge is -2.32. The molecule has 1 atom stereocenters. The van der Waals surface area contributed by atoms with Crippen molar-refractivity contribution in [2.24, 2.45) is 0 Å². The summed E-state index contributed by atoms with van der Waals surface area (Å²) in [6, 6.07) is 2.01. The number of pyridine rings is 1. The lowest BCUT2D eigenvalue weighted by Crippen LogP contribution is -2.52. The third-order valence-corrected chi connectivity index (χ3v) is 4.69. The minimum absolute atomic E-state index is 0.00777. The molecule has 0 saturated carbocycles. The first kappa shape index (κ1) is 13.9. The van der Waals surface area contributed by atoms with Crippen molar-refractivity contribution in [3.05, 3.63) is 24.5 Å². The summed E-state index contributed by atoms with van der Waals surface area (Å²) in [5.41, 5.74) is 0. The summed E-state index contributed by atoms with van der Waals surface area (Å²) in [6.45, 7) is 0.343. The number of hydrogen-bond acceptors (Lipinski definition) is 6. The van der Waals surface area contributed by atoms with Gasteiger partial charge in [-0.15, -0.1) is 0 Å². The number of morpholine rings is 1. The molecule has 104 valence electrons. The van der Waals surface area contributed by atoms with E-state index in [1.165, 1.54) is 31.6 Å². The van der Waals surface area contributed by atoms with Gasteiger partial charge in [0.2, 0.25) is 10.0 Å². The van der Waals surface area contributed by atoms with E-state index in [1.807, 2.05) is 0 Å². The SMILES string of the molecule is COC(=O)C1COCCN1S(=O)(=O)c1cccnc1. The predicted molar refractivity (Wildman–Crippen MR) is 64.8 cm³/mol. The van der Waals surface area contributed by atoms with Crippen LogP contribution >= 0.6 is 0 Å². The monoisotopic (exact) mass is 286 g/mol. The van der Waals surface area contributed by atoms with Crippen molar-refractivity contribution in [2.75, 3.05) is 26.9 Å². The number of methoxy groups -OCH3 is 1. The molecular formula is C11H14N2O5S. The van der Waals surface area contributed by atoms with Crippen molar-refractivity contribution in [3.8, 4) is 0 Å². The van der Waals surface area contributed by atoms with Gasteiger partial charge in [-0.05, 0) is 12.1 Å². The van der Waals surface area contributed by atoms with Crippen LogP contribution in [0.4, 0.5) is 0 Å². The summed E-state index contributed by atoms with van der Waals surface area (Å²) in [5.74, 6) is -0.632. The number of rotatable bonds is 3. The predicted octanol–water partition coefficient (Wildman–Crippen LogP) is -0.356. The van der Waals surface area contributed by atoms with Crippen molar-refractivity contribution in [3.63, 3.8) is 0 Å². The first-order valence-corrected chi connectivity index (χ1v) is 7.09. The number of sulfonamides is 1. The van der Waals surface area contributed by atoms with Gasteiger partial charge in [-0.2, -0.15) is 4.31 Å². The fourth-order valence-corrected chi connectivity index (χ4v) is 3.35. The molecule has 0 aromatic carbocycles. The molecular weight excluding hydrogens is 272 g/mol. The van der Waals surface area contributed by atoms with Crippen molar-refractivity contribution in [1.82, 2.24) is 9.29 Å². The summed E-state index contributed by atoms with van der Waals surface area (Å²) >= 11 is 0. The van der Waals surface area contributed by atoms with Crippen molar-refractivity contribution in [2.45, 2.75) is 10.9 Å². The molecule has 1 saturated heterocycles. The molecule has 8 heteroatoms. The Morgan fingerprint density at radius 2 is 2.37 bits per heavy atom. The van der Waals surface area contributed by atoms with Crippen LogP contribution < -0.4 is 0 Å². The summed E-state index contributed by atoms with van der Waals surface area (Å²) in [6.07, 6.45) is 2.73. The normalized spacial score (nSPS) is 21.0. The highest BCUT2D eigenvalue weighted by Gasteiger charge is 2.39. The van der Waals surface area contributed by atoms with E-state index >= 15 is 0 Å². The lowest BCUT2D eigenvalue weighted by atomic mass is 10.3. The van der Waals surface area contributed by atoms with Crippen molar-refractivity contribution >= 4 is 16.0 Å². The maximum Gasteiger partial charge on any atom is 0.326 e. The Balaban J connectivity index is 2.35. The van der Waals surface area contributed by atoms with E-state index in [9.17, 15) is 13.2 Å². The Morgan fingerprint density at radius 3 is 3.00 bits per heavy atom. The molecule has 1 aliphatic rings. The Kier molecular flexibility index (Phi) is 4.13. The Labute approximate surface area is 111 Å². The quantitative estimate of drug-likeness (QED) is 0.706. The van der Waals surface area contributed by atoms with E-state index < -0.39 is 22.0 Å². The first-order chi connectivity index (χ1) is 9.07. The zero-order chi connectivity index (χ0) is 13.9. The van der Waals surface area contributed by atoms with Crippen LogP contribution in [0.2, 0.25) is 0 Å². The highest BCUT2D eigenvalue weighted by atomic mass is 32.2. The molecule has 0 spiro atoms. The van der Waals surface area contributed by atoms with Gasteiger partial charge in [-0.1, -0.05) is 0 Å². The molecule has 0 N–H and O–H groups in total. The second-order valence-corrected chi connectivity index (χ2v) is 5.81. The summed E-state index contributed by atoms with van der Waals surface area (Å²) in [7, 11) is -2.56. The van der Waals surface area contributed by atoms with Gasteiger partial charge in [0, 0.05) is 18.9 Å². The molecule has 0 bridgehead atoms. The Morgan fingerprint density at radius 1 is 1.58 bits per heavy atom. The molecule has 2 rings (SSSR count). The third kappa shape index (κ3) is 2.75. The summed E-state index contributed by atoms with van der Waals surface area (Å²) < 4.78 is 35.7. The van der Waals surface area contributed by atoms with Crippen molar-refractivity contribution < 1.29 is 22.7 Å². The van der Waals surface area contributed by atoms with Crippen LogP contribution in [0.1, 0.15) is 0 Å². The van der Waals surface area contributed by atoms with Crippen LogP contribution in [0, 0.1) is 0 Å². The molecule has 1 aromatic rings. The zero-order valence-electron chi connectivity index (χ0n) is 10.4. The molecule has 7 nitrogen and oxygen atoms in total. The topological polar surface area (TPSA) is 85.8 Å². The summed E-state index contributed by atoms with van der Waals surface area (Å²) in [5, 5.41) is 0. The lowest BCUT2D eigenvalue weighted by molar-refractivity contribution is -0.149. The fraction of sp³-hybridized carbons (Fsp3) is 0.455. The largest absolute Gasteiger partial charge is 0.468 e. The number of nitrogens with zero attached hydrogens (tertiary/aromatic N) is 2. The molecule has 2 heterocycles.